The summed E-state index contributed by atoms with van der Waals surface area (Å²) in [6.45, 7) is 19.5. The second kappa shape index (κ2) is 10.6. The first-order valence-electron chi connectivity index (χ1n) is 11.2. The van der Waals surface area contributed by atoms with Crippen molar-refractivity contribution in [2.75, 3.05) is 0 Å². The smallest absolute Gasteiger partial charge is 0.228 e. The van der Waals surface area contributed by atoms with Gasteiger partial charge in [-0.1, -0.05) is 60.3 Å². The molecule has 27 heavy (non-hydrogen) atoms. The fourth-order valence-electron chi connectivity index (χ4n) is 3.92. The molecule has 0 heterocycles. The molecule has 0 saturated heterocycles. The first-order valence-corrected chi connectivity index (χ1v) is 11.2. The van der Waals surface area contributed by atoms with Crippen LogP contribution in [-0.2, 0) is 19.6 Å². The van der Waals surface area contributed by atoms with Gasteiger partial charge >= 0.3 is 0 Å². The minimum Gasteiger partial charge on any atom is -0.228 e. The maximum atomic E-state index is 6.14. The Kier molecular flexibility index (Phi) is 9.74. The van der Waals surface area contributed by atoms with Gasteiger partial charge < -0.3 is 0 Å². The van der Waals surface area contributed by atoms with Crippen molar-refractivity contribution in [2.24, 2.45) is 17.8 Å². The third-order valence-corrected chi connectivity index (χ3v) is 6.04. The van der Waals surface area contributed by atoms with Crippen molar-refractivity contribution in [1.82, 2.24) is 0 Å². The van der Waals surface area contributed by atoms with Crippen molar-refractivity contribution in [1.29, 1.82) is 0 Å². The SMILES string of the molecule is CCCCC(C)(C)OOC1(OOC(C)(C)CCCC)CC(C)CC(C)C1C. The van der Waals surface area contributed by atoms with Crippen LogP contribution >= 0.6 is 0 Å². The summed E-state index contributed by atoms with van der Waals surface area (Å²) in [6.07, 6.45) is 8.41. The van der Waals surface area contributed by atoms with Crippen LogP contribution in [0.25, 0.3) is 0 Å². The molecule has 1 rings (SSSR count). The molecule has 1 saturated carbocycles. The maximum Gasteiger partial charge on any atom is 0.237 e. The van der Waals surface area contributed by atoms with E-state index >= 15 is 0 Å². The Morgan fingerprint density at radius 2 is 1.26 bits per heavy atom. The van der Waals surface area contributed by atoms with Gasteiger partial charge in [0.1, 0.15) is 0 Å². The highest BCUT2D eigenvalue weighted by Crippen LogP contribution is 2.45. The van der Waals surface area contributed by atoms with Crippen molar-refractivity contribution < 1.29 is 19.6 Å². The maximum absolute atomic E-state index is 6.14. The second-order valence-corrected chi connectivity index (χ2v) is 10.2. The van der Waals surface area contributed by atoms with E-state index in [0.29, 0.717) is 11.8 Å². The molecule has 0 aromatic rings. The van der Waals surface area contributed by atoms with E-state index in [2.05, 4.69) is 62.3 Å². The summed E-state index contributed by atoms with van der Waals surface area (Å²) >= 11 is 0. The van der Waals surface area contributed by atoms with Gasteiger partial charge in [0.05, 0.1) is 11.2 Å². The third-order valence-electron chi connectivity index (χ3n) is 6.04. The molecule has 3 unspecified atom stereocenters. The zero-order chi connectivity index (χ0) is 20.7. The van der Waals surface area contributed by atoms with Crippen molar-refractivity contribution >= 4 is 0 Å². The highest BCUT2D eigenvalue weighted by Gasteiger charge is 2.50. The van der Waals surface area contributed by atoms with E-state index < -0.39 is 5.79 Å². The summed E-state index contributed by atoms with van der Waals surface area (Å²) < 4.78 is 0. The van der Waals surface area contributed by atoms with E-state index in [4.69, 9.17) is 19.6 Å². The lowest BCUT2D eigenvalue weighted by molar-refractivity contribution is -0.561. The van der Waals surface area contributed by atoms with Crippen LogP contribution in [0, 0.1) is 17.8 Å². The topological polar surface area (TPSA) is 36.9 Å². The highest BCUT2D eigenvalue weighted by atomic mass is 17.3. The molecule has 0 bridgehead atoms. The normalized spacial score (nSPS) is 26.3. The van der Waals surface area contributed by atoms with E-state index in [-0.39, 0.29) is 17.1 Å². The Balaban J connectivity index is 2.89. The minimum atomic E-state index is -0.857. The molecule has 1 aliphatic rings. The van der Waals surface area contributed by atoms with E-state index in [1.54, 1.807) is 0 Å². The predicted molar refractivity (Wildman–Crippen MR) is 111 cm³/mol. The van der Waals surface area contributed by atoms with Crippen LogP contribution in [-0.4, -0.2) is 17.0 Å². The van der Waals surface area contributed by atoms with Gasteiger partial charge in [-0.15, -0.1) is 0 Å². The molecule has 162 valence electrons. The minimum absolute atomic E-state index is 0.192. The summed E-state index contributed by atoms with van der Waals surface area (Å²) in [5.41, 5.74) is -0.679. The molecule has 4 nitrogen and oxygen atoms in total. The molecule has 3 atom stereocenters. The van der Waals surface area contributed by atoms with E-state index in [1.807, 2.05) is 0 Å². The van der Waals surface area contributed by atoms with E-state index in [1.165, 1.54) is 6.42 Å². The van der Waals surface area contributed by atoms with Crippen LogP contribution < -0.4 is 0 Å². The van der Waals surface area contributed by atoms with Crippen molar-refractivity contribution in [2.45, 2.75) is 131 Å². The Morgan fingerprint density at radius 3 is 1.67 bits per heavy atom. The molecule has 0 amide bonds. The lowest BCUT2D eigenvalue weighted by atomic mass is 9.72. The first-order chi connectivity index (χ1) is 12.5. The van der Waals surface area contributed by atoms with E-state index in [9.17, 15) is 0 Å². The van der Waals surface area contributed by atoms with Crippen LogP contribution in [0.15, 0.2) is 0 Å². The van der Waals surface area contributed by atoms with Crippen LogP contribution in [0.4, 0.5) is 0 Å². The number of rotatable bonds is 12. The molecule has 1 fully saturated rings. The predicted octanol–water partition coefficient (Wildman–Crippen LogP) is 7.22. The largest absolute Gasteiger partial charge is 0.237 e. The molecular weight excluding hydrogens is 340 g/mol. The summed E-state index contributed by atoms with van der Waals surface area (Å²) in [5.74, 6) is 0.321. The zero-order valence-electron chi connectivity index (χ0n) is 19.5. The lowest BCUT2D eigenvalue weighted by Gasteiger charge is -2.46. The van der Waals surface area contributed by atoms with Crippen molar-refractivity contribution in [3.8, 4) is 0 Å². The third kappa shape index (κ3) is 8.00. The summed E-state index contributed by atoms with van der Waals surface area (Å²) in [5, 5.41) is 0. The number of hydrogen-bond acceptors (Lipinski definition) is 4. The van der Waals surface area contributed by atoms with Gasteiger partial charge in [-0.2, -0.15) is 9.78 Å². The van der Waals surface area contributed by atoms with Gasteiger partial charge in [0.15, 0.2) is 0 Å². The Bertz CT molecular complexity index is 395. The van der Waals surface area contributed by atoms with Crippen LogP contribution in [0.1, 0.15) is 114 Å². The van der Waals surface area contributed by atoms with Crippen LogP contribution in [0.3, 0.4) is 0 Å². The average Bonchev–Trinajstić information content (AvgIpc) is 2.59. The van der Waals surface area contributed by atoms with Crippen LogP contribution in [0.2, 0.25) is 0 Å². The molecule has 0 aromatic heterocycles. The highest BCUT2D eigenvalue weighted by molar-refractivity contribution is 4.87. The van der Waals surface area contributed by atoms with E-state index in [0.717, 1.165) is 44.9 Å². The zero-order valence-corrected chi connectivity index (χ0v) is 19.5. The summed E-state index contributed by atoms with van der Waals surface area (Å²) in [7, 11) is 0. The molecule has 0 aromatic carbocycles. The molecule has 1 aliphatic carbocycles. The molecule has 0 N–H and O–H groups in total. The monoisotopic (exact) mass is 386 g/mol. The lowest BCUT2D eigenvalue weighted by Crippen LogP contribution is -2.52. The van der Waals surface area contributed by atoms with Gasteiger partial charge in [-0.3, -0.25) is 0 Å². The van der Waals surface area contributed by atoms with Gasteiger partial charge in [0.2, 0.25) is 5.79 Å². The summed E-state index contributed by atoms with van der Waals surface area (Å²) in [6, 6.07) is 0. The van der Waals surface area contributed by atoms with Crippen molar-refractivity contribution in [3.63, 3.8) is 0 Å². The van der Waals surface area contributed by atoms with Crippen LogP contribution in [0.5, 0.6) is 0 Å². The van der Waals surface area contributed by atoms with Crippen molar-refractivity contribution in [3.05, 3.63) is 0 Å². The van der Waals surface area contributed by atoms with Gasteiger partial charge in [-0.05, 0) is 58.8 Å². The number of unbranched alkanes of at least 4 members (excludes halogenated alkanes) is 2. The Hall–Kier alpha value is -0.160. The van der Waals surface area contributed by atoms with Gasteiger partial charge in [-0.25, -0.2) is 9.78 Å². The Morgan fingerprint density at radius 1 is 0.815 bits per heavy atom. The van der Waals surface area contributed by atoms with Gasteiger partial charge in [0, 0.05) is 12.3 Å². The number of hydrogen-bond donors (Lipinski definition) is 0. The second-order valence-electron chi connectivity index (χ2n) is 10.2. The quantitative estimate of drug-likeness (QED) is 0.201. The fourth-order valence-corrected chi connectivity index (χ4v) is 3.92. The average molecular weight is 387 g/mol. The summed E-state index contributed by atoms with van der Waals surface area (Å²) in [4.78, 5) is 24.2. The Labute approximate surface area is 168 Å². The molecule has 0 spiro atoms. The molecule has 0 radical (unpaired) electrons. The van der Waals surface area contributed by atoms with Gasteiger partial charge in [0.25, 0.3) is 0 Å². The molecule has 4 heteroatoms. The standard InChI is InChI=1S/C23H46O4/c1-10-12-14-21(6,7)24-26-23(17-18(3)16-19(4)20(23)5)27-25-22(8,9)15-13-11-2/h18-20H,10-17H2,1-9H3. The molecule has 0 aliphatic heterocycles. The fraction of sp³-hybridized carbons (Fsp3) is 1.00. The molecular formula is C23H46O4. The first kappa shape index (κ1) is 24.9.